The number of rotatable bonds is 7. The highest BCUT2D eigenvalue weighted by atomic mass is 32.1. The predicted octanol–water partition coefficient (Wildman–Crippen LogP) is 1.51. The second-order valence-corrected chi connectivity index (χ2v) is 6.59. The van der Waals surface area contributed by atoms with Crippen LogP contribution < -0.4 is 10.6 Å². The molecule has 1 atom stereocenters. The predicted molar refractivity (Wildman–Crippen MR) is 101 cm³/mol. The van der Waals surface area contributed by atoms with Crippen LogP contribution in [0.15, 0.2) is 46.9 Å². The molecule has 9 heteroatoms. The second-order valence-electron chi connectivity index (χ2n) is 5.73. The lowest BCUT2D eigenvalue weighted by atomic mass is 10.1. The molecular weight excluding hydrogens is 366 g/mol. The molecule has 1 aliphatic heterocycles. The van der Waals surface area contributed by atoms with Gasteiger partial charge in [0, 0.05) is 30.3 Å². The van der Waals surface area contributed by atoms with Crippen LogP contribution >= 0.6 is 11.3 Å². The highest BCUT2D eigenvalue weighted by Gasteiger charge is 2.18. The SMILES string of the molecule is O=C1C=CC(C(=O)Nc2nc(CCC(=O)NCc3ccccn3)cs2)C=N1. The molecule has 0 radical (unpaired) electrons. The molecule has 2 aromatic rings. The van der Waals surface area contributed by atoms with E-state index in [4.69, 9.17) is 0 Å². The van der Waals surface area contributed by atoms with Crippen molar-refractivity contribution in [3.8, 4) is 0 Å². The zero-order valence-corrected chi connectivity index (χ0v) is 15.1. The van der Waals surface area contributed by atoms with Crippen molar-refractivity contribution in [3.63, 3.8) is 0 Å². The highest BCUT2D eigenvalue weighted by molar-refractivity contribution is 7.13. The number of hydrogen-bond acceptors (Lipinski definition) is 6. The fourth-order valence-electron chi connectivity index (χ4n) is 2.28. The first-order chi connectivity index (χ1) is 13.1. The highest BCUT2D eigenvalue weighted by Crippen LogP contribution is 2.18. The first-order valence-electron chi connectivity index (χ1n) is 8.28. The molecule has 27 heavy (non-hydrogen) atoms. The number of anilines is 1. The average molecular weight is 383 g/mol. The van der Waals surface area contributed by atoms with Gasteiger partial charge >= 0.3 is 0 Å². The number of aliphatic imine (C=N–C) groups is 1. The molecule has 3 heterocycles. The van der Waals surface area contributed by atoms with Gasteiger partial charge in [0.25, 0.3) is 5.91 Å². The minimum atomic E-state index is -0.590. The van der Waals surface area contributed by atoms with Gasteiger partial charge in [-0.1, -0.05) is 12.1 Å². The van der Waals surface area contributed by atoms with Gasteiger partial charge in [0.2, 0.25) is 11.8 Å². The lowest BCUT2D eigenvalue weighted by molar-refractivity contribution is -0.121. The zero-order chi connectivity index (χ0) is 19.1. The van der Waals surface area contributed by atoms with Gasteiger partial charge in [-0.15, -0.1) is 11.3 Å². The van der Waals surface area contributed by atoms with Crippen molar-refractivity contribution < 1.29 is 14.4 Å². The first-order valence-corrected chi connectivity index (χ1v) is 9.16. The fraction of sp³-hybridized carbons (Fsp3) is 0.222. The number of carbonyl (C=O) groups excluding carboxylic acids is 3. The molecule has 8 nitrogen and oxygen atoms in total. The number of aryl methyl sites for hydroxylation is 1. The maximum Gasteiger partial charge on any atom is 0.269 e. The van der Waals surface area contributed by atoms with Gasteiger partial charge in [0.05, 0.1) is 23.9 Å². The molecule has 1 aliphatic rings. The van der Waals surface area contributed by atoms with E-state index in [1.807, 2.05) is 18.2 Å². The van der Waals surface area contributed by atoms with Gasteiger partial charge in [0.15, 0.2) is 5.13 Å². The van der Waals surface area contributed by atoms with Crippen LogP contribution in [0.25, 0.3) is 0 Å². The summed E-state index contributed by atoms with van der Waals surface area (Å²) in [5, 5.41) is 7.74. The summed E-state index contributed by atoms with van der Waals surface area (Å²) in [5.41, 5.74) is 1.53. The van der Waals surface area contributed by atoms with Crippen LogP contribution in [-0.4, -0.2) is 33.9 Å². The molecule has 0 aromatic carbocycles. The number of amides is 3. The molecule has 1 unspecified atom stereocenters. The Morgan fingerprint density at radius 1 is 1.22 bits per heavy atom. The van der Waals surface area contributed by atoms with Crippen LogP contribution in [0.4, 0.5) is 5.13 Å². The molecule has 3 rings (SSSR count). The van der Waals surface area contributed by atoms with E-state index in [0.29, 0.717) is 24.5 Å². The average Bonchev–Trinajstić information content (AvgIpc) is 3.13. The van der Waals surface area contributed by atoms with Gasteiger partial charge in [-0.25, -0.2) is 9.98 Å². The van der Waals surface area contributed by atoms with Crippen molar-refractivity contribution in [3.05, 3.63) is 53.3 Å². The second kappa shape index (κ2) is 8.95. The molecule has 0 bridgehead atoms. The number of aromatic nitrogens is 2. The molecule has 0 saturated heterocycles. The lowest BCUT2D eigenvalue weighted by Crippen LogP contribution is -2.24. The van der Waals surface area contributed by atoms with Crippen molar-refractivity contribution in [2.45, 2.75) is 19.4 Å². The molecule has 0 spiro atoms. The minimum Gasteiger partial charge on any atom is -0.350 e. The number of nitrogens with zero attached hydrogens (tertiary/aromatic N) is 3. The molecule has 0 fully saturated rings. The van der Waals surface area contributed by atoms with Crippen molar-refractivity contribution in [1.82, 2.24) is 15.3 Å². The Balaban J connectivity index is 1.43. The Morgan fingerprint density at radius 3 is 2.85 bits per heavy atom. The fourth-order valence-corrected chi connectivity index (χ4v) is 3.03. The lowest BCUT2D eigenvalue weighted by Gasteiger charge is -2.08. The van der Waals surface area contributed by atoms with Crippen LogP contribution in [0.5, 0.6) is 0 Å². The van der Waals surface area contributed by atoms with E-state index in [1.165, 1.54) is 29.7 Å². The zero-order valence-electron chi connectivity index (χ0n) is 14.3. The largest absolute Gasteiger partial charge is 0.350 e. The van der Waals surface area contributed by atoms with Crippen LogP contribution in [0, 0.1) is 5.92 Å². The van der Waals surface area contributed by atoms with Gasteiger partial charge in [-0.05, 0) is 18.6 Å². The number of pyridine rings is 1. The summed E-state index contributed by atoms with van der Waals surface area (Å²) in [6.07, 6.45) is 6.51. The smallest absolute Gasteiger partial charge is 0.269 e. The number of nitrogens with one attached hydrogen (secondary N) is 2. The Bertz CT molecular complexity index is 875. The summed E-state index contributed by atoms with van der Waals surface area (Å²) in [6.45, 7) is 0.386. The Hall–Kier alpha value is -3.20. The maximum absolute atomic E-state index is 12.1. The molecule has 3 amide bonds. The van der Waals surface area contributed by atoms with Crippen molar-refractivity contribution in [1.29, 1.82) is 0 Å². The van der Waals surface area contributed by atoms with Crippen LogP contribution in [0.1, 0.15) is 17.8 Å². The number of dihydropyridines is 1. The first kappa shape index (κ1) is 18.6. The summed E-state index contributed by atoms with van der Waals surface area (Å²) < 4.78 is 0. The molecule has 2 aromatic heterocycles. The summed E-state index contributed by atoms with van der Waals surface area (Å²) in [6, 6.07) is 5.53. The Labute approximate surface area is 159 Å². The van der Waals surface area contributed by atoms with Crippen LogP contribution in [0.2, 0.25) is 0 Å². The summed E-state index contributed by atoms with van der Waals surface area (Å²) >= 11 is 1.28. The molecule has 0 saturated carbocycles. The summed E-state index contributed by atoms with van der Waals surface area (Å²) in [5.74, 6) is -1.37. The maximum atomic E-state index is 12.1. The van der Waals surface area contributed by atoms with Crippen molar-refractivity contribution in [2.24, 2.45) is 10.9 Å². The third-order valence-corrected chi connectivity index (χ3v) is 4.50. The van der Waals surface area contributed by atoms with E-state index in [-0.39, 0.29) is 17.7 Å². The van der Waals surface area contributed by atoms with E-state index >= 15 is 0 Å². The van der Waals surface area contributed by atoms with Crippen molar-refractivity contribution in [2.75, 3.05) is 5.32 Å². The molecule has 2 N–H and O–H groups in total. The van der Waals surface area contributed by atoms with E-state index < -0.39 is 5.92 Å². The van der Waals surface area contributed by atoms with E-state index in [0.717, 1.165) is 11.4 Å². The van der Waals surface area contributed by atoms with E-state index in [2.05, 4.69) is 25.6 Å². The third kappa shape index (κ3) is 5.65. The number of thiazole rings is 1. The summed E-state index contributed by atoms with van der Waals surface area (Å²) in [4.78, 5) is 47.1. The third-order valence-electron chi connectivity index (χ3n) is 3.69. The number of hydrogen-bond donors (Lipinski definition) is 2. The topological polar surface area (TPSA) is 113 Å². The summed E-state index contributed by atoms with van der Waals surface area (Å²) in [7, 11) is 0. The van der Waals surface area contributed by atoms with E-state index in [9.17, 15) is 14.4 Å². The Kier molecular flexibility index (Phi) is 6.16. The Morgan fingerprint density at radius 2 is 2.11 bits per heavy atom. The molecule has 0 aliphatic carbocycles. The standard InChI is InChI=1S/C18H17N5O3S/c24-15-6-4-12(9-20-15)17(26)23-18-22-14(11-27-18)5-7-16(25)21-10-13-3-1-2-8-19-13/h1-4,6,8-9,11-12H,5,7,10H2,(H,21,25)(H,22,23,26). The quantitative estimate of drug-likeness (QED) is 0.752. The molecule has 138 valence electrons. The van der Waals surface area contributed by atoms with Gasteiger partial charge in [0.1, 0.15) is 0 Å². The normalized spacial score (nSPS) is 15.6. The van der Waals surface area contributed by atoms with Crippen LogP contribution in [-0.2, 0) is 27.3 Å². The van der Waals surface area contributed by atoms with Crippen LogP contribution in [0.3, 0.4) is 0 Å². The minimum absolute atomic E-state index is 0.0903. The van der Waals surface area contributed by atoms with E-state index in [1.54, 1.807) is 11.6 Å². The monoisotopic (exact) mass is 383 g/mol. The van der Waals surface area contributed by atoms with Crippen molar-refractivity contribution >= 4 is 40.4 Å². The van der Waals surface area contributed by atoms with Gasteiger partial charge in [-0.2, -0.15) is 0 Å². The van der Waals surface area contributed by atoms with Gasteiger partial charge < -0.3 is 10.6 Å². The number of carbonyl (C=O) groups is 3. The molecular formula is C18H17N5O3S. The van der Waals surface area contributed by atoms with Gasteiger partial charge in [-0.3, -0.25) is 19.4 Å².